The number of rotatable bonds is 5. The molecule has 110 valence electrons. The molecule has 0 aliphatic carbocycles. The normalized spacial score (nSPS) is 10.4. The quantitative estimate of drug-likeness (QED) is 0.838. The Labute approximate surface area is 119 Å². The molecule has 1 aromatic carbocycles. The maximum atomic E-state index is 12.4. The maximum Gasteiger partial charge on any atom is 0.325 e. The zero-order valence-corrected chi connectivity index (χ0v) is 12.3. The van der Waals surface area contributed by atoms with Crippen LogP contribution in [0.4, 0.5) is 0 Å². The van der Waals surface area contributed by atoms with Gasteiger partial charge in [-0.2, -0.15) is 0 Å². The van der Waals surface area contributed by atoms with E-state index in [1.807, 2.05) is 20.8 Å². The molecule has 0 radical (unpaired) electrons. The Kier molecular flexibility index (Phi) is 5.55. The fourth-order valence-corrected chi connectivity index (χ4v) is 1.81. The van der Waals surface area contributed by atoms with E-state index in [9.17, 15) is 14.7 Å². The molecule has 1 aromatic rings. The Morgan fingerprint density at radius 2 is 2.00 bits per heavy atom. The van der Waals surface area contributed by atoms with Crippen molar-refractivity contribution in [2.24, 2.45) is 0 Å². The van der Waals surface area contributed by atoms with Crippen molar-refractivity contribution in [3.8, 4) is 5.75 Å². The highest BCUT2D eigenvalue weighted by molar-refractivity contribution is 5.98. The van der Waals surface area contributed by atoms with Crippen LogP contribution in [0.1, 0.15) is 36.7 Å². The van der Waals surface area contributed by atoms with Crippen LogP contribution >= 0.6 is 0 Å². The highest BCUT2D eigenvalue weighted by Gasteiger charge is 2.24. The van der Waals surface area contributed by atoms with Crippen molar-refractivity contribution < 1.29 is 19.4 Å². The smallest absolute Gasteiger partial charge is 0.325 e. The van der Waals surface area contributed by atoms with E-state index in [4.69, 9.17) is 4.74 Å². The monoisotopic (exact) mass is 279 g/mol. The second kappa shape index (κ2) is 6.93. The summed E-state index contributed by atoms with van der Waals surface area (Å²) < 4.78 is 4.86. The molecule has 0 bridgehead atoms. The summed E-state index contributed by atoms with van der Waals surface area (Å²) in [6.07, 6.45) is 0. The number of ether oxygens (including phenoxy) is 1. The van der Waals surface area contributed by atoms with E-state index < -0.39 is 5.97 Å². The van der Waals surface area contributed by atoms with Gasteiger partial charge in [0.2, 0.25) is 0 Å². The molecule has 0 aliphatic rings. The molecular weight excluding hydrogens is 258 g/mol. The van der Waals surface area contributed by atoms with Crippen molar-refractivity contribution >= 4 is 11.9 Å². The Bertz CT molecular complexity index is 497. The van der Waals surface area contributed by atoms with Gasteiger partial charge in [-0.15, -0.1) is 0 Å². The molecule has 0 fully saturated rings. The molecule has 0 aliphatic heterocycles. The maximum absolute atomic E-state index is 12.4. The van der Waals surface area contributed by atoms with Crippen molar-refractivity contribution in [3.05, 3.63) is 29.3 Å². The van der Waals surface area contributed by atoms with E-state index in [-0.39, 0.29) is 36.4 Å². The first-order valence-electron chi connectivity index (χ1n) is 6.63. The van der Waals surface area contributed by atoms with E-state index in [1.165, 1.54) is 11.0 Å². The Morgan fingerprint density at radius 3 is 2.50 bits per heavy atom. The van der Waals surface area contributed by atoms with E-state index in [1.54, 1.807) is 19.1 Å². The van der Waals surface area contributed by atoms with Crippen LogP contribution < -0.4 is 0 Å². The SMILES string of the molecule is CCOC(=O)CN(C(=O)c1ccc(C)cc1O)C(C)C. The molecule has 0 spiro atoms. The number of hydrogen-bond acceptors (Lipinski definition) is 4. The van der Waals surface area contributed by atoms with E-state index >= 15 is 0 Å². The van der Waals surface area contributed by atoms with Crippen LogP contribution in [-0.2, 0) is 9.53 Å². The zero-order valence-electron chi connectivity index (χ0n) is 12.3. The summed E-state index contributed by atoms with van der Waals surface area (Å²) in [6.45, 7) is 7.30. The first-order chi connectivity index (χ1) is 9.36. The molecule has 0 atom stereocenters. The Hall–Kier alpha value is -2.04. The van der Waals surface area contributed by atoms with Crippen LogP contribution in [0.15, 0.2) is 18.2 Å². The molecule has 0 saturated heterocycles. The first kappa shape index (κ1) is 16.0. The average molecular weight is 279 g/mol. The summed E-state index contributed by atoms with van der Waals surface area (Å²) in [7, 11) is 0. The number of esters is 1. The van der Waals surface area contributed by atoms with Crippen molar-refractivity contribution in [2.45, 2.75) is 33.7 Å². The third-order valence-electron chi connectivity index (χ3n) is 2.87. The van der Waals surface area contributed by atoms with Gasteiger partial charge in [0, 0.05) is 6.04 Å². The van der Waals surface area contributed by atoms with Crippen molar-refractivity contribution in [1.82, 2.24) is 4.90 Å². The minimum atomic E-state index is -0.457. The molecular formula is C15H21NO4. The number of phenols is 1. The third kappa shape index (κ3) is 3.98. The lowest BCUT2D eigenvalue weighted by atomic mass is 10.1. The fraction of sp³-hybridized carbons (Fsp3) is 0.467. The molecule has 20 heavy (non-hydrogen) atoms. The molecule has 1 N–H and O–H groups in total. The highest BCUT2D eigenvalue weighted by atomic mass is 16.5. The van der Waals surface area contributed by atoms with Crippen molar-refractivity contribution in [2.75, 3.05) is 13.2 Å². The second-order valence-corrected chi connectivity index (χ2v) is 4.85. The van der Waals surface area contributed by atoms with E-state index in [0.29, 0.717) is 0 Å². The number of hydrogen-bond donors (Lipinski definition) is 1. The van der Waals surface area contributed by atoms with Crippen LogP contribution in [0.5, 0.6) is 5.75 Å². The fourth-order valence-electron chi connectivity index (χ4n) is 1.81. The van der Waals surface area contributed by atoms with E-state index in [2.05, 4.69) is 0 Å². The molecule has 0 saturated carbocycles. The van der Waals surface area contributed by atoms with Gasteiger partial charge in [0.1, 0.15) is 12.3 Å². The summed E-state index contributed by atoms with van der Waals surface area (Å²) in [4.78, 5) is 25.3. The number of amides is 1. The zero-order chi connectivity index (χ0) is 15.3. The number of nitrogens with zero attached hydrogens (tertiary/aromatic N) is 1. The third-order valence-corrected chi connectivity index (χ3v) is 2.87. The minimum Gasteiger partial charge on any atom is -0.507 e. The van der Waals surface area contributed by atoms with Gasteiger partial charge >= 0.3 is 5.97 Å². The molecule has 5 nitrogen and oxygen atoms in total. The topological polar surface area (TPSA) is 66.8 Å². The minimum absolute atomic E-state index is 0.0792. The van der Waals surface area contributed by atoms with E-state index in [0.717, 1.165) is 5.56 Å². The lowest BCUT2D eigenvalue weighted by molar-refractivity contribution is -0.144. The van der Waals surface area contributed by atoms with Gasteiger partial charge in [0.15, 0.2) is 0 Å². The average Bonchev–Trinajstić information content (AvgIpc) is 2.35. The number of carbonyl (C=O) groups excluding carboxylic acids is 2. The summed E-state index contributed by atoms with van der Waals surface area (Å²) in [5.74, 6) is -0.920. The van der Waals surface area contributed by atoms with Gasteiger partial charge in [-0.25, -0.2) is 0 Å². The van der Waals surface area contributed by atoms with Crippen LogP contribution in [0, 0.1) is 6.92 Å². The Balaban J connectivity index is 2.96. The summed E-state index contributed by atoms with van der Waals surface area (Å²) in [5, 5.41) is 9.87. The number of carbonyl (C=O) groups is 2. The molecule has 1 rings (SSSR count). The summed E-state index contributed by atoms with van der Waals surface area (Å²) >= 11 is 0. The summed E-state index contributed by atoms with van der Waals surface area (Å²) in [5.41, 5.74) is 1.05. The summed E-state index contributed by atoms with van der Waals surface area (Å²) in [6, 6.07) is 4.66. The molecule has 0 unspecified atom stereocenters. The highest BCUT2D eigenvalue weighted by Crippen LogP contribution is 2.21. The number of phenolic OH excluding ortho intramolecular Hbond substituents is 1. The van der Waals surface area contributed by atoms with Gasteiger partial charge in [0.25, 0.3) is 5.91 Å². The van der Waals surface area contributed by atoms with Gasteiger partial charge in [-0.1, -0.05) is 6.07 Å². The van der Waals surface area contributed by atoms with Crippen LogP contribution in [0.2, 0.25) is 0 Å². The van der Waals surface area contributed by atoms with Crippen molar-refractivity contribution in [3.63, 3.8) is 0 Å². The predicted molar refractivity (Wildman–Crippen MR) is 75.6 cm³/mol. The lowest BCUT2D eigenvalue weighted by Crippen LogP contribution is -2.41. The van der Waals surface area contributed by atoms with Crippen LogP contribution in [0.25, 0.3) is 0 Å². The van der Waals surface area contributed by atoms with Crippen molar-refractivity contribution in [1.29, 1.82) is 0 Å². The van der Waals surface area contributed by atoms with Gasteiger partial charge in [0.05, 0.1) is 12.2 Å². The largest absolute Gasteiger partial charge is 0.507 e. The standard InChI is InChI=1S/C15H21NO4/c1-5-20-14(18)9-16(10(2)3)15(19)12-7-6-11(4)8-13(12)17/h6-8,10,17H,5,9H2,1-4H3. The van der Waals surface area contributed by atoms with Gasteiger partial charge in [-0.3, -0.25) is 9.59 Å². The predicted octanol–water partition coefficient (Wildman–Crippen LogP) is 2.11. The molecule has 0 heterocycles. The van der Waals surface area contributed by atoms with Crippen LogP contribution in [-0.4, -0.2) is 41.1 Å². The lowest BCUT2D eigenvalue weighted by Gasteiger charge is -2.26. The van der Waals surface area contributed by atoms with Crippen LogP contribution in [0.3, 0.4) is 0 Å². The molecule has 1 amide bonds. The molecule has 0 aromatic heterocycles. The number of aryl methyl sites for hydroxylation is 1. The van der Waals surface area contributed by atoms with Gasteiger partial charge < -0.3 is 14.7 Å². The first-order valence-corrected chi connectivity index (χ1v) is 6.63. The Morgan fingerprint density at radius 1 is 1.35 bits per heavy atom. The molecule has 5 heteroatoms. The van der Waals surface area contributed by atoms with Gasteiger partial charge in [-0.05, 0) is 45.4 Å². The second-order valence-electron chi connectivity index (χ2n) is 4.85. The number of benzene rings is 1. The number of aromatic hydroxyl groups is 1.